The number of nitrogens with one attached hydrogen (secondary N) is 1. The van der Waals surface area contributed by atoms with E-state index in [0.29, 0.717) is 34.3 Å². The van der Waals surface area contributed by atoms with Gasteiger partial charge in [-0.25, -0.2) is 9.67 Å². The Bertz CT molecular complexity index is 939. The van der Waals surface area contributed by atoms with Crippen LogP contribution in [-0.2, 0) is 4.74 Å². The van der Waals surface area contributed by atoms with E-state index in [-0.39, 0.29) is 12.0 Å². The number of aromatic nitrogens is 3. The van der Waals surface area contributed by atoms with Crippen molar-refractivity contribution >= 4 is 23.2 Å². The van der Waals surface area contributed by atoms with Crippen LogP contribution >= 0.6 is 11.6 Å². The van der Waals surface area contributed by atoms with Crippen LogP contribution < -0.4 is 10.1 Å². The second-order valence-corrected chi connectivity index (χ2v) is 6.86. The standard InChI is InChI=1S/C20H19ClN4O3/c21-15-5-8-19(25-13-22-12-23-25)18(10-15)24-20(26)14-3-6-16(7-4-14)28-11-17-2-1-9-27-17/h3-8,10,12-13,17H,1-2,9,11H2,(H,24,26). The van der Waals surface area contributed by atoms with Gasteiger partial charge in [-0.1, -0.05) is 11.6 Å². The lowest BCUT2D eigenvalue weighted by atomic mass is 10.2. The third-order valence-corrected chi connectivity index (χ3v) is 4.68. The lowest BCUT2D eigenvalue weighted by molar-refractivity contribution is 0.0679. The Labute approximate surface area is 167 Å². The first-order valence-electron chi connectivity index (χ1n) is 8.99. The first-order valence-corrected chi connectivity index (χ1v) is 9.37. The molecule has 1 aliphatic heterocycles. The van der Waals surface area contributed by atoms with Crippen LogP contribution in [0.5, 0.6) is 5.75 Å². The summed E-state index contributed by atoms with van der Waals surface area (Å²) in [5.41, 5.74) is 1.72. The fraction of sp³-hybridized carbons (Fsp3) is 0.250. The van der Waals surface area contributed by atoms with Crippen molar-refractivity contribution in [3.05, 3.63) is 65.7 Å². The van der Waals surface area contributed by atoms with Crippen LogP contribution in [0.3, 0.4) is 0 Å². The fourth-order valence-corrected chi connectivity index (χ4v) is 3.17. The summed E-state index contributed by atoms with van der Waals surface area (Å²) in [6.07, 6.45) is 5.23. The van der Waals surface area contributed by atoms with Crippen molar-refractivity contribution < 1.29 is 14.3 Å². The van der Waals surface area contributed by atoms with Crippen LogP contribution in [0, 0.1) is 0 Å². The van der Waals surface area contributed by atoms with E-state index < -0.39 is 0 Å². The van der Waals surface area contributed by atoms with E-state index in [0.717, 1.165) is 19.4 Å². The summed E-state index contributed by atoms with van der Waals surface area (Å²) in [4.78, 5) is 16.6. The van der Waals surface area contributed by atoms with E-state index in [1.165, 1.54) is 6.33 Å². The second kappa shape index (κ2) is 8.41. The van der Waals surface area contributed by atoms with E-state index >= 15 is 0 Å². The number of halogens is 1. The molecule has 4 rings (SSSR count). The van der Waals surface area contributed by atoms with Gasteiger partial charge in [0.25, 0.3) is 5.91 Å². The number of anilines is 1. The third kappa shape index (κ3) is 4.32. The SMILES string of the molecule is O=C(Nc1cc(Cl)ccc1-n1cncn1)c1ccc(OCC2CCCO2)cc1. The first-order chi connectivity index (χ1) is 13.7. The van der Waals surface area contributed by atoms with E-state index in [1.807, 2.05) is 0 Å². The number of hydrogen-bond donors (Lipinski definition) is 1. The molecule has 1 amide bonds. The second-order valence-electron chi connectivity index (χ2n) is 6.43. The summed E-state index contributed by atoms with van der Waals surface area (Å²) in [5.74, 6) is 0.451. The zero-order valence-corrected chi connectivity index (χ0v) is 15.8. The number of benzene rings is 2. The third-order valence-electron chi connectivity index (χ3n) is 4.45. The molecule has 2 heterocycles. The smallest absolute Gasteiger partial charge is 0.255 e. The summed E-state index contributed by atoms with van der Waals surface area (Å²) in [6.45, 7) is 1.32. The van der Waals surface area contributed by atoms with Gasteiger partial charge >= 0.3 is 0 Å². The van der Waals surface area contributed by atoms with Crippen molar-refractivity contribution in [2.24, 2.45) is 0 Å². The minimum Gasteiger partial charge on any atom is -0.491 e. The van der Waals surface area contributed by atoms with Crippen LogP contribution in [0.4, 0.5) is 5.69 Å². The zero-order valence-electron chi connectivity index (χ0n) is 15.0. The highest BCUT2D eigenvalue weighted by Gasteiger charge is 2.16. The number of carbonyl (C=O) groups excluding carboxylic acids is 1. The van der Waals surface area contributed by atoms with Gasteiger partial charge in [0, 0.05) is 17.2 Å². The Hall–Kier alpha value is -2.90. The molecule has 144 valence electrons. The van der Waals surface area contributed by atoms with Gasteiger partial charge in [-0.3, -0.25) is 4.79 Å². The van der Waals surface area contributed by atoms with Crippen LogP contribution in [-0.4, -0.2) is 40.0 Å². The van der Waals surface area contributed by atoms with Gasteiger partial charge in [-0.05, 0) is 55.3 Å². The molecule has 0 saturated carbocycles. The maximum Gasteiger partial charge on any atom is 0.255 e. The highest BCUT2D eigenvalue weighted by atomic mass is 35.5. The zero-order chi connectivity index (χ0) is 19.3. The molecule has 0 spiro atoms. The van der Waals surface area contributed by atoms with Crippen molar-refractivity contribution in [2.45, 2.75) is 18.9 Å². The van der Waals surface area contributed by atoms with Gasteiger partial charge in [0.1, 0.15) is 25.0 Å². The number of amides is 1. The molecule has 0 bridgehead atoms. The average molecular weight is 399 g/mol. The molecule has 0 aliphatic carbocycles. The summed E-state index contributed by atoms with van der Waals surface area (Å²) in [5, 5.41) is 7.50. The van der Waals surface area contributed by atoms with Gasteiger partial charge in [0.15, 0.2) is 0 Å². The predicted molar refractivity (Wildman–Crippen MR) is 105 cm³/mol. The Morgan fingerprint density at radius 3 is 2.86 bits per heavy atom. The van der Waals surface area contributed by atoms with E-state index in [9.17, 15) is 4.79 Å². The number of ether oxygens (including phenoxy) is 2. The lowest BCUT2D eigenvalue weighted by Gasteiger charge is -2.13. The molecular formula is C20H19ClN4O3. The summed E-state index contributed by atoms with van der Waals surface area (Å²) in [7, 11) is 0. The monoisotopic (exact) mass is 398 g/mol. The van der Waals surface area contributed by atoms with Gasteiger partial charge in [0.2, 0.25) is 0 Å². The van der Waals surface area contributed by atoms with Gasteiger partial charge < -0.3 is 14.8 Å². The normalized spacial score (nSPS) is 16.1. The fourth-order valence-electron chi connectivity index (χ4n) is 3.00. The van der Waals surface area contributed by atoms with Crippen molar-refractivity contribution in [1.82, 2.24) is 14.8 Å². The Morgan fingerprint density at radius 1 is 1.29 bits per heavy atom. The Kier molecular flexibility index (Phi) is 5.55. The van der Waals surface area contributed by atoms with Crippen LogP contribution in [0.15, 0.2) is 55.1 Å². The molecule has 8 heteroatoms. The molecular weight excluding hydrogens is 380 g/mol. The maximum absolute atomic E-state index is 12.7. The van der Waals surface area contributed by atoms with Gasteiger partial charge in [-0.15, -0.1) is 0 Å². The molecule has 1 unspecified atom stereocenters. The number of carbonyl (C=O) groups is 1. The lowest BCUT2D eigenvalue weighted by Crippen LogP contribution is -2.16. The highest BCUT2D eigenvalue weighted by Crippen LogP contribution is 2.25. The van der Waals surface area contributed by atoms with Crippen LogP contribution in [0.1, 0.15) is 23.2 Å². The van der Waals surface area contributed by atoms with Crippen LogP contribution in [0.2, 0.25) is 5.02 Å². The Morgan fingerprint density at radius 2 is 2.14 bits per heavy atom. The van der Waals surface area contributed by atoms with Crippen molar-refractivity contribution in [1.29, 1.82) is 0 Å². The molecule has 1 atom stereocenters. The first kappa shape index (κ1) is 18.5. The molecule has 1 aliphatic rings. The van der Waals surface area contributed by atoms with Crippen LogP contribution in [0.25, 0.3) is 5.69 Å². The molecule has 3 aromatic rings. The number of nitrogens with zero attached hydrogens (tertiary/aromatic N) is 3. The van der Waals surface area contributed by atoms with E-state index in [2.05, 4.69) is 15.4 Å². The van der Waals surface area contributed by atoms with Crippen molar-refractivity contribution in [2.75, 3.05) is 18.5 Å². The molecule has 7 nitrogen and oxygen atoms in total. The van der Waals surface area contributed by atoms with Crippen molar-refractivity contribution in [3.8, 4) is 11.4 Å². The molecule has 1 saturated heterocycles. The average Bonchev–Trinajstić information content (AvgIpc) is 3.41. The summed E-state index contributed by atoms with van der Waals surface area (Å²) >= 11 is 6.09. The summed E-state index contributed by atoms with van der Waals surface area (Å²) < 4.78 is 12.8. The highest BCUT2D eigenvalue weighted by molar-refractivity contribution is 6.31. The van der Waals surface area contributed by atoms with Crippen molar-refractivity contribution in [3.63, 3.8) is 0 Å². The quantitative estimate of drug-likeness (QED) is 0.684. The number of hydrogen-bond acceptors (Lipinski definition) is 5. The molecule has 2 aromatic carbocycles. The Balaban J connectivity index is 1.44. The largest absolute Gasteiger partial charge is 0.491 e. The molecule has 1 aromatic heterocycles. The maximum atomic E-state index is 12.7. The molecule has 0 radical (unpaired) electrons. The minimum atomic E-state index is -0.255. The predicted octanol–water partition coefficient (Wildman–Crippen LogP) is 3.73. The molecule has 28 heavy (non-hydrogen) atoms. The summed E-state index contributed by atoms with van der Waals surface area (Å²) in [6, 6.07) is 12.2. The minimum absolute atomic E-state index is 0.154. The topological polar surface area (TPSA) is 78.3 Å². The van der Waals surface area contributed by atoms with E-state index in [1.54, 1.807) is 53.5 Å². The number of rotatable bonds is 6. The molecule has 1 fully saturated rings. The van der Waals surface area contributed by atoms with Gasteiger partial charge in [-0.2, -0.15) is 5.10 Å². The van der Waals surface area contributed by atoms with Gasteiger partial charge in [0.05, 0.1) is 17.5 Å². The van der Waals surface area contributed by atoms with E-state index in [4.69, 9.17) is 21.1 Å². The molecule has 1 N–H and O–H groups in total.